The minimum Gasteiger partial charge on any atom is -0.394 e. The predicted octanol–water partition coefficient (Wildman–Crippen LogP) is -1.21. The Hall–Kier alpha value is -2.22. The molecule has 0 aliphatic heterocycles. The van der Waals surface area contributed by atoms with Crippen molar-refractivity contribution in [2.24, 2.45) is 16.5 Å². The number of hydrogen-bond donors (Lipinski definition) is 7. The number of aliphatic hydroxyl groups is 3. The van der Waals surface area contributed by atoms with E-state index in [4.69, 9.17) is 26.7 Å². The van der Waals surface area contributed by atoms with Gasteiger partial charge < -0.3 is 31.5 Å². The zero-order valence-electron chi connectivity index (χ0n) is 17.7. The Labute approximate surface area is 184 Å². The number of benzene rings is 1. The van der Waals surface area contributed by atoms with Crippen molar-refractivity contribution in [2.45, 2.75) is 55.2 Å². The number of hydrazine groups is 1. The van der Waals surface area contributed by atoms with Gasteiger partial charge in [0.05, 0.1) is 31.4 Å². The van der Waals surface area contributed by atoms with E-state index in [-0.39, 0.29) is 43.3 Å². The predicted molar refractivity (Wildman–Crippen MR) is 113 cm³/mol. The van der Waals surface area contributed by atoms with Gasteiger partial charge >= 0.3 is 0 Å². The average Bonchev–Trinajstić information content (AvgIpc) is 3.48. The molecule has 3 rings (SSSR count). The Morgan fingerprint density at radius 1 is 1.31 bits per heavy atom. The highest BCUT2D eigenvalue weighted by Gasteiger charge is 2.46. The minimum absolute atomic E-state index is 0.00792. The topological polar surface area (TPSA) is 173 Å². The first-order chi connectivity index (χ1) is 15.2. The van der Waals surface area contributed by atoms with Crippen molar-refractivity contribution in [3.8, 4) is 0 Å². The SMILES string of the molecule is CNN(C(=N)C(N)C(N)=NC1CC1c1ccc(F)c(F)c1)C1CC(OCCO)C(O)C1O. The molecule has 10 nitrogen and oxygen atoms in total. The number of amidine groups is 2. The molecule has 0 radical (unpaired) electrons. The normalized spacial score (nSPS) is 30.9. The molecule has 2 fully saturated rings. The van der Waals surface area contributed by atoms with Gasteiger partial charge in [0.15, 0.2) is 11.6 Å². The Morgan fingerprint density at radius 3 is 2.66 bits per heavy atom. The molecular formula is C20H30F2N6O4. The summed E-state index contributed by atoms with van der Waals surface area (Å²) in [5.74, 6) is -2.13. The molecule has 0 spiro atoms. The van der Waals surface area contributed by atoms with Gasteiger partial charge in [0.25, 0.3) is 0 Å². The number of halogens is 2. The van der Waals surface area contributed by atoms with Crippen molar-refractivity contribution < 1.29 is 28.8 Å². The second-order valence-corrected chi connectivity index (χ2v) is 8.01. The van der Waals surface area contributed by atoms with Crippen LogP contribution >= 0.6 is 0 Å². The van der Waals surface area contributed by atoms with Gasteiger partial charge in [-0.1, -0.05) is 6.07 Å². The summed E-state index contributed by atoms with van der Waals surface area (Å²) in [5, 5.41) is 39.3. The van der Waals surface area contributed by atoms with Crippen LogP contribution in [0.1, 0.15) is 24.3 Å². The third-order valence-electron chi connectivity index (χ3n) is 5.91. The highest BCUT2D eigenvalue weighted by Crippen LogP contribution is 2.43. The monoisotopic (exact) mass is 456 g/mol. The van der Waals surface area contributed by atoms with Crippen molar-refractivity contribution in [2.75, 3.05) is 20.3 Å². The minimum atomic E-state index is -1.22. The molecule has 1 aromatic carbocycles. The first kappa shape index (κ1) is 24.4. The Bertz CT molecular complexity index is 859. The molecule has 0 heterocycles. The maximum atomic E-state index is 13.5. The molecule has 0 aromatic heterocycles. The van der Waals surface area contributed by atoms with E-state index in [1.165, 1.54) is 18.1 Å². The molecular weight excluding hydrogens is 426 g/mol. The second kappa shape index (κ2) is 10.1. The quantitative estimate of drug-likeness (QED) is 0.138. The van der Waals surface area contributed by atoms with E-state index in [1.54, 1.807) is 0 Å². The van der Waals surface area contributed by atoms with E-state index >= 15 is 0 Å². The summed E-state index contributed by atoms with van der Waals surface area (Å²) in [5.41, 5.74) is 15.6. The molecule has 2 aliphatic carbocycles. The van der Waals surface area contributed by atoms with Crippen LogP contribution in [-0.4, -0.2) is 88.7 Å². The van der Waals surface area contributed by atoms with Crippen LogP contribution in [-0.2, 0) is 4.74 Å². The fourth-order valence-electron chi connectivity index (χ4n) is 4.05. The van der Waals surface area contributed by atoms with E-state index in [9.17, 15) is 19.0 Å². The van der Waals surface area contributed by atoms with Gasteiger partial charge in [0.1, 0.15) is 29.9 Å². The molecule has 9 N–H and O–H groups in total. The summed E-state index contributed by atoms with van der Waals surface area (Å²) in [6.45, 7) is -0.210. The largest absolute Gasteiger partial charge is 0.394 e. The summed E-state index contributed by atoms with van der Waals surface area (Å²) in [6, 6.07) is 1.63. The number of aliphatic imine (C=N–C) groups is 1. The van der Waals surface area contributed by atoms with E-state index in [1.807, 2.05) is 0 Å². The van der Waals surface area contributed by atoms with Crippen molar-refractivity contribution in [3.05, 3.63) is 35.4 Å². The van der Waals surface area contributed by atoms with Gasteiger partial charge in [0, 0.05) is 19.4 Å². The highest BCUT2D eigenvalue weighted by molar-refractivity contribution is 6.07. The second-order valence-electron chi connectivity index (χ2n) is 8.01. The van der Waals surface area contributed by atoms with Gasteiger partial charge in [-0.3, -0.25) is 15.4 Å². The summed E-state index contributed by atoms with van der Waals surface area (Å²) >= 11 is 0. The molecule has 7 atom stereocenters. The highest BCUT2D eigenvalue weighted by atomic mass is 19.2. The van der Waals surface area contributed by atoms with Crippen LogP contribution in [0.2, 0.25) is 0 Å². The van der Waals surface area contributed by atoms with E-state index in [0.717, 1.165) is 12.1 Å². The summed E-state index contributed by atoms with van der Waals surface area (Å²) in [7, 11) is 1.54. The molecule has 7 unspecified atom stereocenters. The van der Waals surface area contributed by atoms with Gasteiger partial charge in [-0.05, 0) is 24.1 Å². The molecule has 0 saturated heterocycles. The lowest BCUT2D eigenvalue weighted by Gasteiger charge is -2.34. The number of nitrogens with one attached hydrogen (secondary N) is 2. The Morgan fingerprint density at radius 2 is 2.03 bits per heavy atom. The Kier molecular flexibility index (Phi) is 7.75. The molecule has 32 heavy (non-hydrogen) atoms. The van der Waals surface area contributed by atoms with Gasteiger partial charge in [-0.2, -0.15) is 0 Å². The molecule has 2 aliphatic rings. The van der Waals surface area contributed by atoms with Crippen molar-refractivity contribution in [1.82, 2.24) is 10.4 Å². The lowest BCUT2D eigenvalue weighted by Crippen LogP contribution is -2.59. The number of nitrogens with two attached hydrogens (primary N) is 2. The van der Waals surface area contributed by atoms with E-state index in [2.05, 4.69) is 10.4 Å². The zero-order chi connectivity index (χ0) is 23.6. The van der Waals surface area contributed by atoms with Crippen molar-refractivity contribution in [1.29, 1.82) is 5.41 Å². The summed E-state index contributed by atoms with van der Waals surface area (Å²) in [4.78, 5) is 4.35. The molecule has 0 amide bonds. The van der Waals surface area contributed by atoms with E-state index < -0.39 is 42.0 Å². The zero-order valence-corrected chi connectivity index (χ0v) is 17.7. The van der Waals surface area contributed by atoms with Crippen molar-refractivity contribution in [3.63, 3.8) is 0 Å². The number of aliphatic hydroxyl groups excluding tert-OH is 3. The van der Waals surface area contributed by atoms with Gasteiger partial charge in [-0.15, -0.1) is 0 Å². The lowest BCUT2D eigenvalue weighted by atomic mass is 10.1. The van der Waals surface area contributed by atoms with Crippen LogP contribution < -0.4 is 16.9 Å². The third kappa shape index (κ3) is 5.05. The van der Waals surface area contributed by atoms with Crippen LogP contribution in [0.4, 0.5) is 8.78 Å². The first-order valence-electron chi connectivity index (χ1n) is 10.4. The summed E-state index contributed by atoms with van der Waals surface area (Å²) < 4.78 is 32.0. The van der Waals surface area contributed by atoms with Crippen LogP contribution in [0.15, 0.2) is 23.2 Å². The maximum Gasteiger partial charge on any atom is 0.159 e. The van der Waals surface area contributed by atoms with Crippen LogP contribution in [0.3, 0.4) is 0 Å². The first-order valence-corrected chi connectivity index (χ1v) is 10.4. The Balaban J connectivity index is 1.65. The fraction of sp³-hybridized carbons (Fsp3) is 0.600. The average molecular weight is 456 g/mol. The molecule has 178 valence electrons. The number of ether oxygens (including phenoxy) is 1. The smallest absolute Gasteiger partial charge is 0.159 e. The van der Waals surface area contributed by atoms with Crippen LogP contribution in [0.5, 0.6) is 0 Å². The molecule has 1 aromatic rings. The van der Waals surface area contributed by atoms with Crippen molar-refractivity contribution >= 4 is 11.7 Å². The molecule has 0 bridgehead atoms. The van der Waals surface area contributed by atoms with Crippen LogP contribution in [0, 0.1) is 17.0 Å². The fourth-order valence-corrected chi connectivity index (χ4v) is 4.05. The number of rotatable bonds is 9. The van der Waals surface area contributed by atoms with Crippen LogP contribution in [0.25, 0.3) is 0 Å². The molecule has 2 saturated carbocycles. The third-order valence-corrected chi connectivity index (χ3v) is 5.91. The standard InChI is InChI=1S/C20H30F2N6O4/c1-26-28(14-8-15(32-5-4-29)18(31)17(14)30)20(25)16(23)19(24)27-13-7-10(13)9-2-3-11(21)12(22)6-9/h2-3,6,10,13-18,25-26,29-31H,4-5,7-8,23H2,1H3,(H2,24,27). The lowest BCUT2D eigenvalue weighted by molar-refractivity contribution is -0.0642. The number of nitrogens with zero attached hydrogens (tertiary/aromatic N) is 2. The van der Waals surface area contributed by atoms with E-state index in [0.29, 0.717) is 12.0 Å². The summed E-state index contributed by atoms with van der Waals surface area (Å²) in [6.07, 6.45) is -2.34. The van der Waals surface area contributed by atoms with Gasteiger partial charge in [0.2, 0.25) is 0 Å². The number of hydrogen-bond acceptors (Lipinski definition) is 8. The van der Waals surface area contributed by atoms with Gasteiger partial charge in [-0.25, -0.2) is 14.2 Å². The molecule has 12 heteroatoms. The maximum absolute atomic E-state index is 13.5.